The number of nitrogens with zero attached hydrogens (tertiary/aromatic N) is 7. The zero-order chi connectivity index (χ0) is 45.1. The number of carbonyl (C=O) groups is 2. The van der Waals surface area contributed by atoms with Gasteiger partial charge in [0.25, 0.3) is 11.5 Å². The van der Waals surface area contributed by atoms with Gasteiger partial charge in [0.15, 0.2) is 6.23 Å². The molecule has 5 N–H and O–H groups in total. The smallest absolute Gasteiger partial charge is 0.330 e. The third-order valence-corrected chi connectivity index (χ3v) is 12.5. The Hall–Kier alpha value is -4.93. The number of aromatic amines is 1. The van der Waals surface area contributed by atoms with Gasteiger partial charge in [-0.2, -0.15) is 0 Å². The van der Waals surface area contributed by atoms with Crippen molar-refractivity contribution in [1.29, 1.82) is 0 Å². The Kier molecular flexibility index (Phi) is 20.3. The molecule has 2 aromatic rings. The number of hydrogen-bond acceptors (Lipinski definition) is 21. The van der Waals surface area contributed by atoms with Gasteiger partial charge in [-0.1, -0.05) is 28.1 Å². The van der Waals surface area contributed by atoms with E-state index >= 15 is 0 Å². The van der Waals surface area contributed by atoms with Crippen molar-refractivity contribution in [1.82, 2.24) is 20.2 Å². The van der Waals surface area contributed by atoms with Gasteiger partial charge in [0.1, 0.15) is 58.8 Å². The van der Waals surface area contributed by atoms with Crippen molar-refractivity contribution in [3.63, 3.8) is 0 Å². The summed E-state index contributed by atoms with van der Waals surface area (Å²) in [4.78, 5) is 102. The minimum absolute atomic E-state index is 0.111. The van der Waals surface area contributed by atoms with Crippen LogP contribution in [-0.4, -0.2) is 105 Å². The largest absolute Gasteiger partial charge is 0.790 e. The van der Waals surface area contributed by atoms with Crippen molar-refractivity contribution >= 4 is 34.8 Å². The Morgan fingerprint density at radius 3 is 2.59 bits per heavy atom. The molecule has 1 aromatic carbocycles. The molecule has 1 aliphatic heterocycles. The van der Waals surface area contributed by atoms with Crippen molar-refractivity contribution in [3.05, 3.63) is 83.3 Å². The summed E-state index contributed by atoms with van der Waals surface area (Å²) < 4.78 is 70.6. The topological polar surface area (TPSA) is 445 Å². The number of phosphoric acid groups is 1. The Morgan fingerprint density at radius 2 is 1.89 bits per heavy atom. The van der Waals surface area contributed by atoms with Gasteiger partial charge in [-0.25, -0.2) is 4.79 Å². The molecule has 1 saturated heterocycles. The maximum Gasteiger partial charge on any atom is 0.330 e. The molecular weight excluding hydrogens is 883 g/mol. The molecule has 0 aliphatic carbocycles. The molecule has 0 saturated carbocycles. The molecule has 2 amide bonds. The molecule has 334 valence electrons. The van der Waals surface area contributed by atoms with E-state index in [2.05, 4.69) is 51.4 Å². The molecule has 61 heavy (non-hydrogen) atoms. The zero-order valence-corrected chi connectivity index (χ0v) is 34.1. The van der Waals surface area contributed by atoms with Crippen molar-refractivity contribution in [2.45, 2.75) is 31.1 Å². The van der Waals surface area contributed by atoms with Gasteiger partial charge >= 0.3 is 5.69 Å². The molecule has 1 aliphatic rings. The first-order chi connectivity index (χ1) is 28.8. The highest BCUT2D eigenvalue weighted by atomic mass is 31.3. The third kappa shape index (κ3) is 18.7. The first-order valence-corrected chi connectivity index (χ1v) is 22.1. The molecule has 2 heterocycles. The SMILES string of the molecule is [N-]=[N+]=NCOC1CC(n2cc(C#CCNC(=O)COCCOC(COc3cccc(C(=O)NCCN)c3)N=[N+]=[N-])c(=O)[nH]c2=O)OC1COP(=O)([O-])CP(=O)([O-])OP(=O)([O-])[O-]. The number of rotatable bonds is 25. The van der Waals surface area contributed by atoms with Crippen molar-refractivity contribution in [2.24, 2.45) is 16.0 Å². The third-order valence-electron chi connectivity index (χ3n) is 7.34. The molecule has 3 rings (SSSR count). The fourth-order valence-corrected chi connectivity index (χ4v) is 9.14. The maximum atomic E-state index is 12.7. The van der Waals surface area contributed by atoms with Crippen LogP contribution in [0.2, 0.25) is 0 Å². The molecule has 6 unspecified atom stereocenters. The van der Waals surface area contributed by atoms with Crippen LogP contribution in [0.4, 0.5) is 0 Å². The quantitative estimate of drug-likeness (QED) is 0.0197. The van der Waals surface area contributed by atoms with Crippen LogP contribution < -0.4 is 51.9 Å². The fraction of sp³-hybridized carbons (Fsp3) is 0.517. The summed E-state index contributed by atoms with van der Waals surface area (Å²) >= 11 is 0. The van der Waals surface area contributed by atoms with Gasteiger partial charge in [0.05, 0.1) is 46.2 Å². The lowest BCUT2D eigenvalue weighted by molar-refractivity contribution is -0.337. The first-order valence-electron chi connectivity index (χ1n) is 17.2. The Morgan fingerprint density at radius 1 is 1.11 bits per heavy atom. The van der Waals surface area contributed by atoms with Crippen molar-refractivity contribution in [3.8, 4) is 17.6 Å². The number of nitrogens with two attached hydrogens (primary N) is 1. The fourth-order valence-electron chi connectivity index (χ4n) is 4.85. The first kappa shape index (κ1) is 50.4. The lowest BCUT2D eigenvalue weighted by Gasteiger charge is -2.38. The Balaban J connectivity index is 1.51. The minimum Gasteiger partial charge on any atom is -0.790 e. The van der Waals surface area contributed by atoms with Crippen LogP contribution >= 0.6 is 23.0 Å². The van der Waals surface area contributed by atoms with E-state index in [0.717, 1.165) is 10.8 Å². The minimum atomic E-state index is -6.12. The van der Waals surface area contributed by atoms with E-state index in [4.69, 9.17) is 40.5 Å². The average Bonchev–Trinajstić information content (AvgIpc) is 3.58. The summed E-state index contributed by atoms with van der Waals surface area (Å²) in [7, 11) is -17.4. The molecule has 0 bridgehead atoms. The average molecular weight is 920 g/mol. The van der Waals surface area contributed by atoms with E-state index in [-0.39, 0.29) is 57.3 Å². The number of carbonyl (C=O) groups excluding carboxylic acids is 2. The predicted molar refractivity (Wildman–Crippen MR) is 196 cm³/mol. The second-order valence-electron chi connectivity index (χ2n) is 11.9. The van der Waals surface area contributed by atoms with Gasteiger partial charge in [-0.05, 0) is 29.3 Å². The normalized spacial score (nSPS) is 18.5. The number of H-pyrrole nitrogens is 1. The highest BCUT2D eigenvalue weighted by molar-refractivity contribution is 7.72. The summed E-state index contributed by atoms with van der Waals surface area (Å²) in [5, 5.41) is 11.7. The molecule has 0 radical (unpaired) electrons. The second kappa shape index (κ2) is 24.5. The molecule has 32 heteroatoms. The summed E-state index contributed by atoms with van der Waals surface area (Å²) in [6, 6.07) is 6.23. The number of ether oxygens (including phenoxy) is 5. The van der Waals surface area contributed by atoms with Gasteiger partial charge in [0.2, 0.25) is 5.91 Å². The van der Waals surface area contributed by atoms with E-state index in [1.165, 1.54) is 6.07 Å². The van der Waals surface area contributed by atoms with E-state index in [0.29, 0.717) is 11.3 Å². The Bertz CT molecular complexity index is 2270. The molecule has 1 aromatic heterocycles. The van der Waals surface area contributed by atoms with E-state index in [1.54, 1.807) is 18.2 Å². The van der Waals surface area contributed by atoms with Gasteiger partial charge in [-0.15, -0.1) is 0 Å². The summed E-state index contributed by atoms with van der Waals surface area (Å²) in [5.74, 6) is 2.29. The Labute approximate surface area is 343 Å². The lowest BCUT2D eigenvalue weighted by Crippen LogP contribution is -2.34. The van der Waals surface area contributed by atoms with E-state index in [1.807, 2.05) is 4.98 Å². The highest BCUT2D eigenvalue weighted by Gasteiger charge is 2.38. The monoisotopic (exact) mass is 919 g/mol. The molecular formula is C29H36N11O18P3-4. The molecule has 0 spiro atoms. The maximum absolute atomic E-state index is 12.7. The zero-order valence-electron chi connectivity index (χ0n) is 31.4. The predicted octanol–water partition coefficient (Wildman–Crippen LogP) is -2.69. The van der Waals surface area contributed by atoms with Gasteiger partial charge < -0.3 is 82.2 Å². The number of aromatic nitrogens is 2. The van der Waals surface area contributed by atoms with Crippen LogP contribution in [0.3, 0.4) is 0 Å². The standard InChI is InChI=1S/C29H40N11O18P3/c30-6-8-34-27(42)19-3-1-5-21(11-19)54-16-25(37-39-32)53-10-9-52-15-24(41)33-7-2-4-20-13-40(29(44)36-28(20)43)26-12-22(55-17-35-38-31)23(57-26)14-56-59(45,46)18-60(47,48)58-61(49,50)51/h1,3,5,11,13,22-23,25-26H,6-10,12,14-18,30H2,(H,33,41)(H,34,42)(H,45,46)(H,47,48)(H,36,43,44)(H2,49,50,51)/p-4. The number of amides is 2. The van der Waals surface area contributed by atoms with Crippen LogP contribution in [0.25, 0.3) is 20.9 Å². The number of nitrogens with one attached hydrogen (secondary N) is 3. The summed E-state index contributed by atoms with van der Waals surface area (Å²) in [6.07, 6.45) is -4.25. The van der Waals surface area contributed by atoms with Crippen molar-refractivity contribution in [2.75, 3.05) is 65.3 Å². The lowest BCUT2D eigenvalue weighted by atomic mass is 10.2. The van der Waals surface area contributed by atoms with Crippen LogP contribution in [-0.2, 0) is 46.3 Å². The van der Waals surface area contributed by atoms with E-state index < -0.39 is 90.7 Å². The van der Waals surface area contributed by atoms with Crippen LogP contribution in [0.15, 0.2) is 50.3 Å². The molecule has 6 atom stereocenters. The van der Waals surface area contributed by atoms with Gasteiger partial charge in [0, 0.05) is 41.1 Å². The van der Waals surface area contributed by atoms with E-state index in [9.17, 15) is 52.4 Å². The van der Waals surface area contributed by atoms with Crippen LogP contribution in [0, 0.1) is 11.8 Å². The van der Waals surface area contributed by atoms with Crippen LogP contribution in [0.5, 0.6) is 5.75 Å². The van der Waals surface area contributed by atoms with Crippen molar-refractivity contribution < 1.29 is 75.4 Å². The highest BCUT2D eigenvalue weighted by Crippen LogP contribution is 2.58. The molecule has 29 nitrogen and oxygen atoms in total. The van der Waals surface area contributed by atoms with Crippen LogP contribution in [0.1, 0.15) is 28.6 Å². The number of azide groups is 2. The van der Waals surface area contributed by atoms with Gasteiger partial charge in [-0.3, -0.25) is 23.9 Å². The molecule has 1 fully saturated rings. The number of benzene rings is 1. The number of hydrogen-bond donors (Lipinski definition) is 4. The second-order valence-corrected chi connectivity index (χ2v) is 17.3. The summed E-state index contributed by atoms with van der Waals surface area (Å²) in [6.45, 7) is -2.21. The summed E-state index contributed by atoms with van der Waals surface area (Å²) in [5.41, 5.74) is 20.9.